The number of hydrogen-bond acceptors (Lipinski definition) is 8. The lowest BCUT2D eigenvalue weighted by Gasteiger charge is -2.25. The Morgan fingerprint density at radius 3 is 2.42 bits per heavy atom. The fraction of sp³-hybridized carbons (Fsp3) is 0.600. The average Bonchev–Trinajstić information content (AvgIpc) is 2.53. The van der Waals surface area contributed by atoms with E-state index < -0.39 is 24.2 Å². The molecule has 9 nitrogen and oxygen atoms in total. The number of oxime groups is 1. The minimum absolute atomic E-state index is 0.0129. The Morgan fingerprint density at radius 1 is 1.29 bits per heavy atom. The molecule has 0 fully saturated rings. The fourth-order valence-corrected chi connectivity index (χ4v) is 1.98. The number of nitrogens with zero attached hydrogens (tertiary/aromatic N) is 3. The van der Waals surface area contributed by atoms with Gasteiger partial charge in [-0.2, -0.15) is 0 Å². The van der Waals surface area contributed by atoms with Crippen LogP contribution < -0.4 is 5.32 Å². The van der Waals surface area contributed by atoms with Crippen molar-refractivity contribution in [1.29, 1.82) is 0 Å². The number of aliphatic hydroxyl groups is 2. The van der Waals surface area contributed by atoms with Crippen molar-refractivity contribution in [3.8, 4) is 0 Å². The van der Waals surface area contributed by atoms with Crippen LogP contribution in [0.5, 0.6) is 0 Å². The van der Waals surface area contributed by atoms with Gasteiger partial charge in [0.2, 0.25) is 0 Å². The molecule has 0 aliphatic rings. The number of aliphatic hydroxyl groups excluding tert-OH is 2. The largest absolute Gasteiger partial charge is 0.390 e. The van der Waals surface area contributed by atoms with Crippen LogP contribution in [-0.2, 0) is 14.4 Å². The highest BCUT2D eigenvalue weighted by Crippen LogP contribution is 2.13. The molecule has 1 aromatic heterocycles. The van der Waals surface area contributed by atoms with Crippen molar-refractivity contribution in [3.05, 3.63) is 18.7 Å². The van der Waals surface area contributed by atoms with Gasteiger partial charge in [0.15, 0.2) is 6.61 Å². The number of anilines is 1. The number of carbonyl (C=O) groups is 1. The van der Waals surface area contributed by atoms with Gasteiger partial charge in [-0.3, -0.25) is 4.79 Å². The van der Waals surface area contributed by atoms with Gasteiger partial charge in [-0.25, -0.2) is 9.97 Å². The van der Waals surface area contributed by atoms with Gasteiger partial charge in [-0.05, 0) is 12.8 Å². The minimum atomic E-state index is -1.26. The highest BCUT2D eigenvalue weighted by atomic mass is 16.6. The topological polar surface area (TPSA) is 126 Å². The van der Waals surface area contributed by atoms with Gasteiger partial charge in [-0.1, -0.05) is 19.0 Å². The summed E-state index contributed by atoms with van der Waals surface area (Å²) in [5.41, 5.74) is 0.551. The Labute approximate surface area is 140 Å². The van der Waals surface area contributed by atoms with E-state index in [4.69, 9.17) is 9.57 Å². The van der Waals surface area contributed by atoms with Gasteiger partial charge in [-0.15, -0.1) is 0 Å². The predicted molar refractivity (Wildman–Crippen MR) is 87.4 cm³/mol. The molecule has 0 saturated heterocycles. The molecule has 134 valence electrons. The van der Waals surface area contributed by atoms with E-state index in [9.17, 15) is 15.0 Å². The van der Waals surface area contributed by atoms with Crippen LogP contribution in [0.2, 0.25) is 0 Å². The normalized spacial score (nSPS) is 15.7. The summed E-state index contributed by atoms with van der Waals surface area (Å²) in [6, 6.07) is 0. The maximum absolute atomic E-state index is 11.8. The van der Waals surface area contributed by atoms with Crippen molar-refractivity contribution in [2.75, 3.05) is 19.0 Å². The molecule has 0 unspecified atom stereocenters. The van der Waals surface area contributed by atoms with E-state index in [0.29, 0.717) is 5.69 Å². The van der Waals surface area contributed by atoms with E-state index in [1.807, 2.05) is 13.8 Å². The number of methoxy groups -OCH3 is 1. The van der Waals surface area contributed by atoms with Gasteiger partial charge in [0.1, 0.15) is 24.2 Å². The molecule has 3 N–H and O–H groups in total. The molecule has 1 rings (SSSR count). The summed E-state index contributed by atoms with van der Waals surface area (Å²) in [5, 5.41) is 26.0. The molecular formula is C15H24N4O5. The monoisotopic (exact) mass is 340 g/mol. The summed E-state index contributed by atoms with van der Waals surface area (Å²) in [7, 11) is 1.47. The lowest BCUT2D eigenvalue weighted by atomic mass is 9.96. The predicted octanol–water partition coefficient (Wildman–Crippen LogP) is 0.200. The van der Waals surface area contributed by atoms with Crippen LogP contribution in [0.15, 0.2) is 23.9 Å². The second-order valence-corrected chi connectivity index (χ2v) is 5.55. The van der Waals surface area contributed by atoms with Gasteiger partial charge in [0.25, 0.3) is 5.91 Å². The second kappa shape index (κ2) is 9.91. The van der Waals surface area contributed by atoms with Crippen LogP contribution in [0.25, 0.3) is 0 Å². The van der Waals surface area contributed by atoms with Crippen LogP contribution in [0.3, 0.4) is 0 Å². The second-order valence-electron chi connectivity index (χ2n) is 5.55. The summed E-state index contributed by atoms with van der Waals surface area (Å²) in [6.07, 6.45) is 1.35. The van der Waals surface area contributed by atoms with Crippen molar-refractivity contribution in [3.63, 3.8) is 0 Å². The molecule has 0 aliphatic heterocycles. The molecule has 1 aromatic rings. The number of nitrogens with one attached hydrogen (secondary N) is 1. The quantitative estimate of drug-likeness (QED) is 0.433. The van der Waals surface area contributed by atoms with E-state index in [2.05, 4.69) is 20.4 Å². The summed E-state index contributed by atoms with van der Waals surface area (Å²) < 4.78 is 5.30. The molecule has 3 atom stereocenters. The zero-order chi connectivity index (χ0) is 18.1. The summed E-state index contributed by atoms with van der Waals surface area (Å²) in [4.78, 5) is 24.3. The first-order chi connectivity index (χ1) is 11.4. The Morgan fingerprint density at radius 2 is 1.92 bits per heavy atom. The number of hydrogen-bond donors (Lipinski definition) is 3. The van der Waals surface area contributed by atoms with Gasteiger partial charge < -0.3 is 25.1 Å². The zero-order valence-corrected chi connectivity index (χ0v) is 14.2. The van der Waals surface area contributed by atoms with E-state index in [1.165, 1.54) is 32.8 Å². The van der Waals surface area contributed by atoms with Crippen molar-refractivity contribution < 1.29 is 24.6 Å². The van der Waals surface area contributed by atoms with Crippen molar-refractivity contribution >= 4 is 17.3 Å². The molecule has 0 saturated carbocycles. The number of amides is 1. The molecule has 0 radical (unpaired) electrons. The van der Waals surface area contributed by atoms with E-state index in [-0.39, 0.29) is 18.2 Å². The SMILES string of the molecule is CO[C@H](/C(=N/OCC(=O)Nc1cncnc1)[C@@H](O)[C@@H](C)O)C(C)C. The first kappa shape index (κ1) is 19.9. The lowest BCUT2D eigenvalue weighted by Crippen LogP contribution is -2.42. The zero-order valence-electron chi connectivity index (χ0n) is 14.2. The van der Waals surface area contributed by atoms with Crippen LogP contribution in [0.1, 0.15) is 20.8 Å². The third-order valence-corrected chi connectivity index (χ3v) is 3.12. The molecule has 0 bridgehead atoms. The molecule has 0 spiro atoms. The van der Waals surface area contributed by atoms with Gasteiger partial charge in [0, 0.05) is 7.11 Å². The molecular weight excluding hydrogens is 316 g/mol. The van der Waals surface area contributed by atoms with Crippen molar-refractivity contribution in [2.45, 2.75) is 39.1 Å². The summed E-state index contributed by atoms with van der Waals surface area (Å²) in [6.45, 7) is 4.80. The Bertz CT molecular complexity index is 536. The third kappa shape index (κ3) is 6.19. The van der Waals surface area contributed by atoms with Crippen LogP contribution >= 0.6 is 0 Å². The average molecular weight is 340 g/mol. The highest BCUT2D eigenvalue weighted by Gasteiger charge is 2.29. The van der Waals surface area contributed by atoms with Crippen LogP contribution in [-0.4, -0.2) is 63.8 Å². The number of carbonyl (C=O) groups excluding carboxylic acids is 1. The molecule has 9 heteroatoms. The number of ether oxygens (including phenoxy) is 1. The van der Waals surface area contributed by atoms with Gasteiger partial charge in [0.05, 0.1) is 24.2 Å². The molecule has 1 heterocycles. The highest BCUT2D eigenvalue weighted by molar-refractivity contribution is 5.93. The Balaban J connectivity index is 2.71. The molecule has 0 aliphatic carbocycles. The minimum Gasteiger partial charge on any atom is -0.390 e. The number of rotatable bonds is 9. The summed E-state index contributed by atoms with van der Waals surface area (Å²) in [5.74, 6) is -0.473. The van der Waals surface area contributed by atoms with E-state index in [0.717, 1.165) is 0 Å². The first-order valence-corrected chi connectivity index (χ1v) is 7.50. The summed E-state index contributed by atoms with van der Waals surface area (Å²) >= 11 is 0. The maximum Gasteiger partial charge on any atom is 0.265 e. The van der Waals surface area contributed by atoms with Crippen LogP contribution in [0, 0.1) is 5.92 Å². The molecule has 0 aromatic carbocycles. The Kier molecular flexibility index (Phi) is 8.24. The van der Waals surface area contributed by atoms with Crippen molar-refractivity contribution in [1.82, 2.24) is 9.97 Å². The standard InChI is InChI=1S/C15H24N4O5/c1-9(2)15(23-4)13(14(22)10(3)20)19-24-7-12(21)18-11-5-16-8-17-6-11/h5-6,8-10,14-15,20,22H,7H2,1-4H3,(H,18,21)/b19-13+/t10-,14+,15+/m1/s1. The van der Waals surface area contributed by atoms with Gasteiger partial charge >= 0.3 is 0 Å². The smallest absolute Gasteiger partial charge is 0.265 e. The molecule has 1 amide bonds. The fourth-order valence-electron chi connectivity index (χ4n) is 1.98. The maximum atomic E-state index is 11.8. The Hall–Kier alpha value is -2.10. The lowest BCUT2D eigenvalue weighted by molar-refractivity contribution is -0.120. The molecule has 24 heavy (non-hydrogen) atoms. The van der Waals surface area contributed by atoms with E-state index in [1.54, 1.807) is 0 Å². The third-order valence-electron chi connectivity index (χ3n) is 3.12. The van der Waals surface area contributed by atoms with E-state index >= 15 is 0 Å². The van der Waals surface area contributed by atoms with Crippen molar-refractivity contribution in [2.24, 2.45) is 11.1 Å². The van der Waals surface area contributed by atoms with Crippen LogP contribution in [0.4, 0.5) is 5.69 Å². The number of aromatic nitrogens is 2. The first-order valence-electron chi connectivity index (χ1n) is 7.50.